The molecule has 0 amide bonds. The van der Waals surface area contributed by atoms with Crippen molar-refractivity contribution >= 4 is 5.97 Å². The lowest BCUT2D eigenvalue weighted by Crippen LogP contribution is -2.18. The first kappa shape index (κ1) is 11.4. The molecule has 4 atom stereocenters. The molecule has 0 N–H and O–H groups in total. The predicted molar refractivity (Wildman–Crippen MR) is 59.3 cm³/mol. The summed E-state index contributed by atoms with van der Waals surface area (Å²) in [7, 11) is 0. The van der Waals surface area contributed by atoms with Crippen LogP contribution in [0.4, 0.5) is 0 Å². The molecule has 2 saturated carbocycles. The Hall–Kier alpha value is -1.04. The first-order chi connectivity index (χ1) is 7.69. The monoisotopic (exact) mass is 221 g/mol. The van der Waals surface area contributed by atoms with Crippen LogP contribution in [-0.4, -0.2) is 12.6 Å². The topological polar surface area (TPSA) is 50.1 Å². The Bertz CT molecular complexity index is 308. The Kier molecular flexibility index (Phi) is 3.48. The molecular weight excluding hydrogens is 202 g/mol. The summed E-state index contributed by atoms with van der Waals surface area (Å²) in [4.78, 5) is 11.6. The van der Waals surface area contributed by atoms with Crippen molar-refractivity contribution in [3.05, 3.63) is 0 Å². The van der Waals surface area contributed by atoms with Crippen LogP contribution in [0.1, 0.15) is 39.0 Å². The van der Waals surface area contributed by atoms with E-state index in [2.05, 4.69) is 6.07 Å². The molecule has 2 aliphatic carbocycles. The fourth-order valence-electron chi connectivity index (χ4n) is 3.15. The van der Waals surface area contributed by atoms with Crippen LogP contribution >= 0.6 is 0 Å². The largest absolute Gasteiger partial charge is 0.464 e. The summed E-state index contributed by atoms with van der Waals surface area (Å²) < 4.78 is 5.10. The summed E-state index contributed by atoms with van der Waals surface area (Å²) in [5.41, 5.74) is 0. The summed E-state index contributed by atoms with van der Waals surface area (Å²) in [6.07, 6.45) is 5.78. The van der Waals surface area contributed by atoms with Crippen molar-refractivity contribution in [1.29, 1.82) is 5.26 Å². The number of nitriles is 1. The predicted octanol–water partition coefficient (Wildman–Crippen LogP) is 2.52. The maximum atomic E-state index is 11.6. The lowest BCUT2D eigenvalue weighted by molar-refractivity contribution is -0.145. The van der Waals surface area contributed by atoms with Gasteiger partial charge in [0, 0.05) is 6.42 Å². The molecule has 0 radical (unpaired) electrons. The number of esters is 1. The van der Waals surface area contributed by atoms with Crippen molar-refractivity contribution in [2.45, 2.75) is 39.0 Å². The summed E-state index contributed by atoms with van der Waals surface area (Å²) in [6, 6.07) is 2.06. The van der Waals surface area contributed by atoms with Crippen molar-refractivity contribution in [1.82, 2.24) is 0 Å². The van der Waals surface area contributed by atoms with Gasteiger partial charge in [-0.25, -0.2) is 0 Å². The molecule has 3 heteroatoms. The van der Waals surface area contributed by atoms with Gasteiger partial charge in [-0.1, -0.05) is 6.42 Å². The van der Waals surface area contributed by atoms with Crippen LogP contribution in [0.2, 0.25) is 0 Å². The van der Waals surface area contributed by atoms with Crippen LogP contribution in [0.3, 0.4) is 0 Å². The van der Waals surface area contributed by atoms with Gasteiger partial charge in [0.1, 0.15) is 6.61 Å². The Morgan fingerprint density at radius 2 is 2.31 bits per heavy atom. The quantitative estimate of drug-likeness (QED) is 0.685. The molecule has 0 spiro atoms. The SMILES string of the molecule is CC(C#N)COC(=O)CC1CC2CCC1C2. The van der Waals surface area contributed by atoms with Crippen LogP contribution in [0, 0.1) is 35.0 Å². The normalized spacial score (nSPS) is 33.4. The molecule has 3 nitrogen and oxygen atoms in total. The van der Waals surface area contributed by atoms with E-state index in [1.165, 1.54) is 25.7 Å². The van der Waals surface area contributed by atoms with E-state index in [1.807, 2.05) is 0 Å². The third kappa shape index (κ3) is 2.55. The zero-order valence-electron chi connectivity index (χ0n) is 9.82. The number of hydrogen-bond donors (Lipinski definition) is 0. The van der Waals surface area contributed by atoms with Crippen molar-refractivity contribution < 1.29 is 9.53 Å². The number of rotatable bonds is 4. The van der Waals surface area contributed by atoms with Gasteiger partial charge in [0.25, 0.3) is 0 Å². The second-order valence-corrected chi connectivity index (χ2v) is 5.35. The molecule has 0 heterocycles. The molecule has 2 aliphatic rings. The van der Waals surface area contributed by atoms with E-state index in [-0.39, 0.29) is 18.5 Å². The smallest absolute Gasteiger partial charge is 0.306 e. The summed E-state index contributed by atoms with van der Waals surface area (Å²) in [5.74, 6) is 1.90. The highest BCUT2D eigenvalue weighted by Crippen LogP contribution is 2.49. The van der Waals surface area contributed by atoms with Gasteiger partial charge in [-0.3, -0.25) is 4.79 Å². The van der Waals surface area contributed by atoms with Crippen LogP contribution in [0.15, 0.2) is 0 Å². The lowest BCUT2D eigenvalue weighted by atomic mass is 9.86. The van der Waals surface area contributed by atoms with E-state index in [4.69, 9.17) is 10.00 Å². The minimum Gasteiger partial charge on any atom is -0.464 e. The minimum absolute atomic E-state index is 0.111. The van der Waals surface area contributed by atoms with Gasteiger partial charge in [0.05, 0.1) is 12.0 Å². The minimum atomic E-state index is -0.191. The Morgan fingerprint density at radius 3 is 2.88 bits per heavy atom. The Balaban J connectivity index is 1.70. The zero-order chi connectivity index (χ0) is 11.5. The third-order valence-corrected chi connectivity index (χ3v) is 4.03. The van der Waals surface area contributed by atoms with Crippen molar-refractivity contribution in [2.24, 2.45) is 23.7 Å². The molecule has 2 rings (SSSR count). The van der Waals surface area contributed by atoms with Gasteiger partial charge < -0.3 is 4.74 Å². The van der Waals surface area contributed by atoms with Crippen LogP contribution < -0.4 is 0 Å². The first-order valence-corrected chi connectivity index (χ1v) is 6.24. The number of hydrogen-bond acceptors (Lipinski definition) is 3. The Morgan fingerprint density at radius 1 is 1.50 bits per heavy atom. The molecule has 0 aromatic rings. The summed E-state index contributed by atoms with van der Waals surface area (Å²) in [5, 5.41) is 8.58. The molecule has 0 aliphatic heterocycles. The van der Waals surface area contributed by atoms with E-state index < -0.39 is 0 Å². The second-order valence-electron chi connectivity index (χ2n) is 5.35. The molecule has 0 saturated heterocycles. The molecule has 2 fully saturated rings. The molecule has 16 heavy (non-hydrogen) atoms. The van der Waals surface area contributed by atoms with Gasteiger partial charge in [-0.2, -0.15) is 5.26 Å². The van der Waals surface area contributed by atoms with Gasteiger partial charge in [-0.05, 0) is 43.9 Å². The highest BCUT2D eigenvalue weighted by Gasteiger charge is 2.40. The molecular formula is C13H19NO2. The number of carbonyl (C=O) groups excluding carboxylic acids is 1. The van der Waals surface area contributed by atoms with Gasteiger partial charge in [-0.15, -0.1) is 0 Å². The first-order valence-electron chi connectivity index (χ1n) is 6.24. The average Bonchev–Trinajstić information content (AvgIpc) is 2.87. The molecule has 0 aromatic carbocycles. The highest BCUT2D eigenvalue weighted by atomic mass is 16.5. The van der Waals surface area contributed by atoms with Gasteiger partial charge >= 0.3 is 5.97 Å². The lowest BCUT2D eigenvalue weighted by Gasteiger charge is -2.20. The van der Waals surface area contributed by atoms with E-state index in [0.29, 0.717) is 12.3 Å². The Labute approximate surface area is 96.8 Å². The van der Waals surface area contributed by atoms with E-state index >= 15 is 0 Å². The van der Waals surface area contributed by atoms with E-state index in [1.54, 1.807) is 6.92 Å². The fraction of sp³-hybridized carbons (Fsp3) is 0.846. The molecule has 0 aromatic heterocycles. The van der Waals surface area contributed by atoms with Crippen molar-refractivity contribution in [3.63, 3.8) is 0 Å². The van der Waals surface area contributed by atoms with Crippen molar-refractivity contribution in [3.8, 4) is 6.07 Å². The second kappa shape index (κ2) is 4.86. The summed E-state index contributed by atoms with van der Waals surface area (Å²) >= 11 is 0. The van der Waals surface area contributed by atoms with Gasteiger partial charge in [0.2, 0.25) is 0 Å². The maximum absolute atomic E-state index is 11.6. The zero-order valence-corrected chi connectivity index (χ0v) is 9.82. The van der Waals surface area contributed by atoms with E-state index in [9.17, 15) is 4.79 Å². The van der Waals surface area contributed by atoms with Gasteiger partial charge in [0.15, 0.2) is 0 Å². The molecule has 4 unspecified atom stereocenters. The maximum Gasteiger partial charge on any atom is 0.306 e. The number of ether oxygens (including phenoxy) is 1. The van der Waals surface area contributed by atoms with E-state index in [0.717, 1.165) is 11.8 Å². The van der Waals surface area contributed by atoms with Crippen molar-refractivity contribution in [2.75, 3.05) is 6.61 Å². The standard InChI is InChI=1S/C13H19NO2/c1-9(7-14)8-16-13(15)6-12-5-10-2-3-11(12)4-10/h9-12H,2-6,8H2,1H3. The number of carbonyl (C=O) groups is 1. The highest BCUT2D eigenvalue weighted by molar-refractivity contribution is 5.69. The third-order valence-electron chi connectivity index (χ3n) is 4.03. The van der Waals surface area contributed by atoms with Crippen LogP contribution in [-0.2, 0) is 9.53 Å². The number of nitrogens with zero attached hydrogens (tertiary/aromatic N) is 1. The average molecular weight is 221 g/mol. The summed E-state index contributed by atoms with van der Waals surface area (Å²) in [6.45, 7) is 2.01. The fourth-order valence-corrected chi connectivity index (χ4v) is 3.15. The van der Waals surface area contributed by atoms with Crippen LogP contribution in [0.5, 0.6) is 0 Å². The number of fused-ring (bicyclic) bond motifs is 2. The van der Waals surface area contributed by atoms with Crippen LogP contribution in [0.25, 0.3) is 0 Å². The molecule has 88 valence electrons. The molecule has 2 bridgehead atoms.